The third-order valence-corrected chi connectivity index (χ3v) is 3.26. The predicted molar refractivity (Wildman–Crippen MR) is 115 cm³/mol. The Morgan fingerprint density at radius 3 is 2.65 bits per heavy atom. The van der Waals surface area contributed by atoms with E-state index in [9.17, 15) is 0 Å². The smallest absolute Gasteiger partial charge is 0.191 e. The van der Waals surface area contributed by atoms with Crippen LogP contribution in [0.4, 0.5) is 0 Å². The van der Waals surface area contributed by atoms with Crippen LogP contribution in [0.15, 0.2) is 59.9 Å². The molecule has 0 aliphatic carbocycles. The molecular weight excluding hydrogens is 443 g/mol. The van der Waals surface area contributed by atoms with Gasteiger partial charge in [0.05, 0.1) is 32.5 Å². The number of ether oxygens (including phenoxy) is 2. The van der Waals surface area contributed by atoms with Crippen molar-refractivity contribution in [2.75, 3.05) is 32.8 Å². The molecule has 2 N–H and O–H groups in total. The van der Waals surface area contributed by atoms with E-state index in [0.29, 0.717) is 32.9 Å². The van der Waals surface area contributed by atoms with Crippen molar-refractivity contribution in [2.45, 2.75) is 13.5 Å². The summed E-state index contributed by atoms with van der Waals surface area (Å²) in [4.78, 5) is 8.50. The molecule has 0 spiro atoms. The van der Waals surface area contributed by atoms with Crippen LogP contribution < -0.4 is 15.4 Å². The molecule has 142 valence electrons. The Morgan fingerprint density at radius 2 is 1.92 bits per heavy atom. The maximum absolute atomic E-state index is 5.64. The number of benzene rings is 1. The predicted octanol–water partition coefficient (Wildman–Crippen LogP) is 2.85. The highest BCUT2D eigenvalue weighted by Crippen LogP contribution is 2.04. The van der Waals surface area contributed by atoms with Crippen molar-refractivity contribution in [1.82, 2.24) is 15.6 Å². The summed E-state index contributed by atoms with van der Waals surface area (Å²) in [5, 5.41) is 6.44. The fourth-order valence-electron chi connectivity index (χ4n) is 2.10. The number of hydrogen-bond donors (Lipinski definition) is 2. The topological polar surface area (TPSA) is 67.8 Å². The van der Waals surface area contributed by atoms with E-state index >= 15 is 0 Å². The number of aliphatic imine (C=N–C) groups is 1. The highest BCUT2D eigenvalue weighted by Gasteiger charge is 1.98. The van der Waals surface area contributed by atoms with Crippen LogP contribution in [0.5, 0.6) is 5.75 Å². The molecule has 6 nitrogen and oxygen atoms in total. The molecule has 0 saturated heterocycles. The SMILES string of the molecule is CCNC(=NCCOCc1ccccc1)NCCOc1cccnc1.I. The average molecular weight is 470 g/mol. The van der Waals surface area contributed by atoms with E-state index in [-0.39, 0.29) is 24.0 Å². The molecule has 7 heteroatoms. The normalized spacial score (nSPS) is 10.7. The molecule has 0 atom stereocenters. The van der Waals surface area contributed by atoms with E-state index in [1.807, 2.05) is 37.3 Å². The van der Waals surface area contributed by atoms with Gasteiger partial charge >= 0.3 is 0 Å². The second kappa shape index (κ2) is 14.3. The third kappa shape index (κ3) is 9.57. The quantitative estimate of drug-likeness (QED) is 0.242. The number of halogens is 1. The number of nitrogens with one attached hydrogen (secondary N) is 2. The van der Waals surface area contributed by atoms with Gasteiger partial charge in [-0.3, -0.25) is 9.98 Å². The Hall–Kier alpha value is -1.87. The Kier molecular flexibility index (Phi) is 12.2. The molecule has 2 aromatic rings. The molecular formula is C19H27IN4O2. The van der Waals surface area contributed by atoms with Crippen molar-refractivity contribution in [3.05, 3.63) is 60.4 Å². The highest BCUT2D eigenvalue weighted by atomic mass is 127. The maximum Gasteiger partial charge on any atom is 0.191 e. The standard InChI is InChI=1S/C19H26N4O2.HI/c1-2-21-19(23-12-14-25-18-9-6-10-20-15-18)22-11-13-24-16-17-7-4-3-5-8-17;/h3-10,15H,2,11-14,16H2,1H3,(H2,21,22,23);1H. The third-order valence-electron chi connectivity index (χ3n) is 3.26. The van der Waals surface area contributed by atoms with Crippen molar-refractivity contribution in [3.63, 3.8) is 0 Å². The second-order valence-electron chi connectivity index (χ2n) is 5.26. The van der Waals surface area contributed by atoms with Crippen LogP contribution in [0.1, 0.15) is 12.5 Å². The number of pyridine rings is 1. The van der Waals surface area contributed by atoms with Crippen LogP contribution in [0.2, 0.25) is 0 Å². The summed E-state index contributed by atoms with van der Waals surface area (Å²) in [6.45, 7) is 5.84. The van der Waals surface area contributed by atoms with E-state index in [0.717, 1.165) is 18.3 Å². The fourth-order valence-corrected chi connectivity index (χ4v) is 2.10. The summed E-state index contributed by atoms with van der Waals surface area (Å²) in [7, 11) is 0. The van der Waals surface area contributed by atoms with Gasteiger partial charge in [-0.25, -0.2) is 0 Å². The zero-order valence-corrected chi connectivity index (χ0v) is 17.4. The van der Waals surface area contributed by atoms with E-state index < -0.39 is 0 Å². The zero-order chi connectivity index (χ0) is 17.6. The van der Waals surface area contributed by atoms with Gasteiger partial charge in [-0.15, -0.1) is 24.0 Å². The van der Waals surface area contributed by atoms with Crippen molar-refractivity contribution >= 4 is 29.9 Å². The van der Waals surface area contributed by atoms with Gasteiger partial charge in [-0.1, -0.05) is 30.3 Å². The Balaban J connectivity index is 0.00000338. The molecule has 1 aromatic heterocycles. The molecule has 0 aliphatic heterocycles. The second-order valence-corrected chi connectivity index (χ2v) is 5.26. The average Bonchev–Trinajstić information content (AvgIpc) is 2.66. The highest BCUT2D eigenvalue weighted by molar-refractivity contribution is 14.0. The number of nitrogens with zero attached hydrogens (tertiary/aromatic N) is 2. The number of guanidine groups is 1. The van der Waals surface area contributed by atoms with Crippen LogP contribution >= 0.6 is 24.0 Å². The summed E-state index contributed by atoms with van der Waals surface area (Å²) >= 11 is 0. The largest absolute Gasteiger partial charge is 0.490 e. The van der Waals surface area contributed by atoms with Gasteiger partial charge in [0, 0.05) is 12.7 Å². The van der Waals surface area contributed by atoms with Gasteiger partial charge in [-0.05, 0) is 24.6 Å². The first-order valence-electron chi connectivity index (χ1n) is 8.55. The lowest BCUT2D eigenvalue weighted by atomic mass is 10.2. The van der Waals surface area contributed by atoms with Crippen LogP contribution in [-0.4, -0.2) is 43.8 Å². The molecule has 0 bridgehead atoms. The van der Waals surface area contributed by atoms with Crippen LogP contribution in [0.25, 0.3) is 0 Å². The van der Waals surface area contributed by atoms with Gasteiger partial charge in [0.25, 0.3) is 0 Å². The number of hydrogen-bond acceptors (Lipinski definition) is 4. The molecule has 0 aliphatic rings. The molecule has 0 saturated carbocycles. The molecule has 2 rings (SSSR count). The lowest BCUT2D eigenvalue weighted by molar-refractivity contribution is 0.128. The van der Waals surface area contributed by atoms with Crippen molar-refractivity contribution in [2.24, 2.45) is 4.99 Å². The molecule has 0 radical (unpaired) electrons. The Morgan fingerprint density at radius 1 is 1.08 bits per heavy atom. The first-order valence-corrected chi connectivity index (χ1v) is 8.55. The van der Waals surface area contributed by atoms with E-state index in [4.69, 9.17) is 9.47 Å². The Labute approximate surface area is 172 Å². The summed E-state index contributed by atoms with van der Waals surface area (Å²) in [6.07, 6.45) is 3.42. The van der Waals surface area contributed by atoms with Crippen LogP contribution in [0.3, 0.4) is 0 Å². The fraction of sp³-hybridized carbons (Fsp3) is 0.368. The van der Waals surface area contributed by atoms with E-state index in [2.05, 4.69) is 32.7 Å². The summed E-state index contributed by atoms with van der Waals surface area (Å²) in [6, 6.07) is 13.9. The van der Waals surface area contributed by atoms with E-state index in [1.165, 1.54) is 5.56 Å². The summed E-state index contributed by atoms with van der Waals surface area (Å²) in [5.74, 6) is 1.53. The Bertz CT molecular complexity index is 611. The van der Waals surface area contributed by atoms with Crippen molar-refractivity contribution in [1.29, 1.82) is 0 Å². The first-order chi connectivity index (χ1) is 12.4. The van der Waals surface area contributed by atoms with Gasteiger partial charge in [0.2, 0.25) is 0 Å². The first kappa shape index (κ1) is 22.2. The van der Waals surface area contributed by atoms with Crippen molar-refractivity contribution in [3.8, 4) is 5.75 Å². The maximum atomic E-state index is 5.64. The molecule has 1 aromatic carbocycles. The number of rotatable bonds is 10. The van der Waals surface area contributed by atoms with Crippen LogP contribution in [-0.2, 0) is 11.3 Å². The zero-order valence-electron chi connectivity index (χ0n) is 15.1. The molecule has 0 unspecified atom stereocenters. The minimum atomic E-state index is 0. The lowest BCUT2D eigenvalue weighted by Crippen LogP contribution is -2.39. The summed E-state index contributed by atoms with van der Waals surface area (Å²) < 4.78 is 11.2. The minimum absolute atomic E-state index is 0. The molecule has 0 amide bonds. The van der Waals surface area contributed by atoms with E-state index in [1.54, 1.807) is 12.4 Å². The summed E-state index contributed by atoms with van der Waals surface area (Å²) in [5.41, 5.74) is 1.17. The van der Waals surface area contributed by atoms with Gasteiger partial charge in [-0.2, -0.15) is 0 Å². The van der Waals surface area contributed by atoms with Crippen LogP contribution in [0, 0.1) is 0 Å². The van der Waals surface area contributed by atoms with Gasteiger partial charge < -0.3 is 20.1 Å². The molecule has 1 heterocycles. The number of aromatic nitrogens is 1. The van der Waals surface area contributed by atoms with Gasteiger partial charge in [0.15, 0.2) is 5.96 Å². The lowest BCUT2D eigenvalue weighted by Gasteiger charge is -2.12. The molecule has 26 heavy (non-hydrogen) atoms. The minimum Gasteiger partial charge on any atom is -0.490 e. The monoisotopic (exact) mass is 470 g/mol. The van der Waals surface area contributed by atoms with Gasteiger partial charge in [0.1, 0.15) is 12.4 Å². The molecule has 0 fully saturated rings. The van der Waals surface area contributed by atoms with Crippen molar-refractivity contribution < 1.29 is 9.47 Å².